The van der Waals surface area contributed by atoms with E-state index in [1.165, 1.54) is 11.1 Å². The van der Waals surface area contributed by atoms with Crippen LogP contribution >= 0.6 is 0 Å². The molecule has 0 saturated heterocycles. The minimum atomic E-state index is -3.39. The van der Waals surface area contributed by atoms with Gasteiger partial charge in [-0.25, -0.2) is 13.2 Å². The summed E-state index contributed by atoms with van der Waals surface area (Å²) in [6, 6.07) is 15.8. The molecule has 1 unspecified atom stereocenters. The maximum absolute atomic E-state index is 13.4. The van der Waals surface area contributed by atoms with Crippen molar-refractivity contribution < 1.29 is 32.6 Å². The highest BCUT2D eigenvalue weighted by Gasteiger charge is 2.25. The summed E-state index contributed by atoms with van der Waals surface area (Å²) in [6.45, 7) is 7.82. The lowest BCUT2D eigenvalue weighted by Gasteiger charge is -2.19. The number of rotatable bonds is 13. The van der Waals surface area contributed by atoms with E-state index >= 15 is 0 Å². The Balaban J connectivity index is 1.58. The molecule has 1 heterocycles. The SMILES string of the molecule is CCC(C)c1c(COCc2ccc(C(=O)N[C@@H](CCS(C)(=O)=O)C(=O)O)c(-c3ccccc3C)c2)ccc2c1CCO2. The van der Waals surface area contributed by atoms with E-state index in [1.54, 1.807) is 12.1 Å². The zero-order valence-electron chi connectivity index (χ0n) is 24.6. The van der Waals surface area contributed by atoms with Crippen LogP contribution < -0.4 is 10.1 Å². The number of aliphatic carboxylic acids is 1. The van der Waals surface area contributed by atoms with Crippen molar-refractivity contribution in [3.05, 3.63) is 88.0 Å². The Morgan fingerprint density at radius 1 is 1.07 bits per heavy atom. The first-order valence-corrected chi connectivity index (χ1v) is 16.3. The molecular weight excluding hydrogens is 554 g/mol. The molecule has 42 heavy (non-hydrogen) atoms. The molecule has 1 amide bonds. The molecule has 0 fully saturated rings. The van der Waals surface area contributed by atoms with Crippen LogP contribution in [0.15, 0.2) is 54.6 Å². The molecule has 1 aliphatic rings. The number of aryl methyl sites for hydroxylation is 1. The third-order valence-electron chi connectivity index (χ3n) is 7.79. The lowest BCUT2D eigenvalue weighted by molar-refractivity contribution is -0.139. The third kappa shape index (κ3) is 7.57. The Morgan fingerprint density at radius 2 is 1.83 bits per heavy atom. The molecular formula is C33H39NO7S. The molecule has 0 spiro atoms. The number of ether oxygens (including phenoxy) is 2. The topological polar surface area (TPSA) is 119 Å². The van der Waals surface area contributed by atoms with Crippen molar-refractivity contribution in [1.82, 2.24) is 5.32 Å². The summed E-state index contributed by atoms with van der Waals surface area (Å²) in [5.74, 6) is -0.865. The predicted octanol–water partition coefficient (Wildman–Crippen LogP) is 5.44. The van der Waals surface area contributed by atoms with Gasteiger partial charge in [0.1, 0.15) is 21.6 Å². The summed E-state index contributed by atoms with van der Waals surface area (Å²) in [7, 11) is -3.39. The van der Waals surface area contributed by atoms with Crippen LogP contribution in [0.1, 0.15) is 70.8 Å². The monoisotopic (exact) mass is 593 g/mol. The number of carboxylic acid groups (broad SMARTS) is 1. The second-order valence-corrected chi connectivity index (χ2v) is 13.3. The van der Waals surface area contributed by atoms with Crippen LogP contribution in [0, 0.1) is 6.92 Å². The van der Waals surface area contributed by atoms with Gasteiger partial charge in [0, 0.05) is 23.8 Å². The van der Waals surface area contributed by atoms with E-state index in [1.807, 2.05) is 43.3 Å². The molecule has 0 aliphatic carbocycles. The lowest BCUT2D eigenvalue weighted by atomic mass is 9.88. The highest BCUT2D eigenvalue weighted by molar-refractivity contribution is 7.90. The smallest absolute Gasteiger partial charge is 0.326 e. The molecule has 3 aromatic carbocycles. The van der Waals surface area contributed by atoms with E-state index in [0.717, 1.165) is 47.1 Å². The molecule has 3 aromatic rings. The van der Waals surface area contributed by atoms with Crippen molar-refractivity contribution in [3.63, 3.8) is 0 Å². The number of carbonyl (C=O) groups excluding carboxylic acids is 1. The Bertz CT molecular complexity index is 1560. The highest BCUT2D eigenvalue weighted by Crippen LogP contribution is 2.37. The van der Waals surface area contributed by atoms with Gasteiger partial charge >= 0.3 is 5.97 Å². The fourth-order valence-corrected chi connectivity index (χ4v) is 6.04. The maximum atomic E-state index is 13.4. The van der Waals surface area contributed by atoms with Gasteiger partial charge in [0.15, 0.2) is 0 Å². The summed E-state index contributed by atoms with van der Waals surface area (Å²) >= 11 is 0. The molecule has 224 valence electrons. The number of carboxylic acids is 1. The van der Waals surface area contributed by atoms with Crippen LogP contribution in [0.25, 0.3) is 11.1 Å². The Morgan fingerprint density at radius 3 is 2.52 bits per heavy atom. The van der Waals surface area contributed by atoms with E-state index in [-0.39, 0.29) is 12.2 Å². The average molecular weight is 594 g/mol. The van der Waals surface area contributed by atoms with Gasteiger partial charge < -0.3 is 19.9 Å². The molecule has 4 rings (SSSR count). The quantitative estimate of drug-likeness (QED) is 0.271. The molecule has 0 radical (unpaired) electrons. The van der Waals surface area contributed by atoms with E-state index < -0.39 is 27.8 Å². The minimum absolute atomic E-state index is 0.223. The normalized spacial score (nSPS) is 14.1. The van der Waals surface area contributed by atoms with Gasteiger partial charge in [-0.1, -0.05) is 50.2 Å². The first-order valence-electron chi connectivity index (χ1n) is 14.2. The number of sulfone groups is 1. The van der Waals surface area contributed by atoms with Gasteiger partial charge in [-0.2, -0.15) is 0 Å². The largest absolute Gasteiger partial charge is 0.493 e. The number of amides is 1. The van der Waals surface area contributed by atoms with E-state index in [2.05, 4.69) is 25.2 Å². The second-order valence-electron chi connectivity index (χ2n) is 11.0. The highest BCUT2D eigenvalue weighted by atomic mass is 32.2. The number of benzene rings is 3. The van der Waals surface area contributed by atoms with Crippen LogP contribution in [-0.2, 0) is 39.0 Å². The van der Waals surface area contributed by atoms with Gasteiger partial charge in [-0.15, -0.1) is 0 Å². The van der Waals surface area contributed by atoms with Gasteiger partial charge in [0.25, 0.3) is 5.91 Å². The van der Waals surface area contributed by atoms with Gasteiger partial charge in [0.2, 0.25) is 0 Å². The zero-order chi connectivity index (χ0) is 30.4. The fourth-order valence-electron chi connectivity index (χ4n) is 5.37. The van der Waals surface area contributed by atoms with Gasteiger partial charge in [-0.3, -0.25) is 4.79 Å². The van der Waals surface area contributed by atoms with Crippen molar-refractivity contribution >= 4 is 21.7 Å². The third-order valence-corrected chi connectivity index (χ3v) is 8.77. The van der Waals surface area contributed by atoms with E-state index in [4.69, 9.17) is 9.47 Å². The standard InChI is InChI=1S/C33H39NO7S/c1-5-21(2)31-24(11-13-30-27(31)14-16-41-30)20-40-19-23-10-12-26(28(18-23)25-9-7-6-8-22(25)3)32(35)34-29(33(36)37)15-17-42(4,38)39/h6-13,18,21,29H,5,14-17,19-20H2,1-4H3,(H,34,35)(H,36,37)/t21?,29-/m0/s1. The van der Waals surface area contributed by atoms with Crippen molar-refractivity contribution in [2.24, 2.45) is 0 Å². The van der Waals surface area contributed by atoms with Crippen molar-refractivity contribution in [1.29, 1.82) is 0 Å². The van der Waals surface area contributed by atoms with Gasteiger partial charge in [-0.05, 0) is 77.3 Å². The average Bonchev–Trinajstić information content (AvgIpc) is 3.43. The molecule has 0 aromatic heterocycles. The summed E-state index contributed by atoms with van der Waals surface area (Å²) in [5.41, 5.74) is 7.34. The number of hydrogen-bond acceptors (Lipinski definition) is 6. The van der Waals surface area contributed by atoms with Crippen molar-refractivity contribution in [3.8, 4) is 16.9 Å². The predicted molar refractivity (Wildman–Crippen MR) is 163 cm³/mol. The molecule has 1 aliphatic heterocycles. The summed E-state index contributed by atoms with van der Waals surface area (Å²) in [4.78, 5) is 25.2. The first kappa shape index (κ1) is 31.3. The van der Waals surface area contributed by atoms with E-state index in [9.17, 15) is 23.1 Å². The lowest BCUT2D eigenvalue weighted by Crippen LogP contribution is -2.42. The van der Waals surface area contributed by atoms with Crippen LogP contribution in [0.4, 0.5) is 0 Å². The number of hydrogen-bond donors (Lipinski definition) is 2. The maximum Gasteiger partial charge on any atom is 0.326 e. The number of carbonyl (C=O) groups is 2. The molecule has 9 heteroatoms. The zero-order valence-corrected chi connectivity index (χ0v) is 25.4. The molecule has 0 bridgehead atoms. The number of nitrogens with one attached hydrogen (secondary N) is 1. The molecule has 2 N–H and O–H groups in total. The van der Waals surface area contributed by atoms with Crippen LogP contribution in [0.3, 0.4) is 0 Å². The molecule has 8 nitrogen and oxygen atoms in total. The Hall–Kier alpha value is -3.69. The minimum Gasteiger partial charge on any atom is -0.493 e. The van der Waals surface area contributed by atoms with Gasteiger partial charge in [0.05, 0.1) is 25.6 Å². The van der Waals surface area contributed by atoms with Crippen LogP contribution in [-0.4, -0.2) is 50.1 Å². The summed E-state index contributed by atoms with van der Waals surface area (Å²) < 4.78 is 35.2. The van der Waals surface area contributed by atoms with Crippen molar-refractivity contribution in [2.75, 3.05) is 18.6 Å². The fraction of sp³-hybridized carbons (Fsp3) is 0.394. The van der Waals surface area contributed by atoms with Crippen LogP contribution in [0.5, 0.6) is 5.75 Å². The van der Waals surface area contributed by atoms with Crippen LogP contribution in [0.2, 0.25) is 0 Å². The Kier molecular flexibility index (Phi) is 10.1. The summed E-state index contributed by atoms with van der Waals surface area (Å²) in [5, 5.41) is 12.1. The van der Waals surface area contributed by atoms with Crippen molar-refractivity contribution in [2.45, 2.75) is 65.2 Å². The second kappa shape index (κ2) is 13.5. The summed E-state index contributed by atoms with van der Waals surface area (Å²) in [6.07, 6.45) is 2.74. The molecule has 2 atom stereocenters. The molecule has 0 saturated carbocycles. The number of fused-ring (bicyclic) bond motifs is 1. The Labute approximate surface area is 248 Å². The van der Waals surface area contributed by atoms with E-state index in [0.29, 0.717) is 36.9 Å². The first-order chi connectivity index (χ1) is 20.0.